The first-order chi connectivity index (χ1) is 16.4. The van der Waals surface area contributed by atoms with Crippen molar-refractivity contribution in [3.8, 4) is 5.75 Å². The minimum absolute atomic E-state index is 0.00333. The number of ketones is 1. The number of amides is 1. The number of carboxylic acids is 1. The van der Waals surface area contributed by atoms with Crippen molar-refractivity contribution in [1.82, 2.24) is 5.32 Å². The van der Waals surface area contributed by atoms with Gasteiger partial charge in [0.15, 0.2) is 5.78 Å². The molecule has 180 valence electrons. The number of hydrogen-bond acceptors (Lipinski definition) is 4. The summed E-state index contributed by atoms with van der Waals surface area (Å²) in [5, 5.41) is 12.7. The fourth-order valence-electron chi connectivity index (χ4n) is 4.64. The van der Waals surface area contributed by atoms with Gasteiger partial charge in [0.2, 0.25) is 5.91 Å². The van der Waals surface area contributed by atoms with Gasteiger partial charge in [-0.2, -0.15) is 0 Å². The predicted octanol–water partition coefficient (Wildman–Crippen LogP) is 5.25. The van der Waals surface area contributed by atoms with E-state index in [1.807, 2.05) is 24.3 Å². The molecule has 2 aromatic carbocycles. The summed E-state index contributed by atoms with van der Waals surface area (Å²) >= 11 is 5.92. The molecule has 2 saturated carbocycles. The Kier molecular flexibility index (Phi) is 7.88. The second kappa shape index (κ2) is 11.0. The molecule has 0 radical (unpaired) electrons. The zero-order valence-corrected chi connectivity index (χ0v) is 19.8. The van der Waals surface area contributed by atoms with Crippen molar-refractivity contribution in [1.29, 1.82) is 0 Å². The molecule has 0 spiro atoms. The third-order valence-electron chi connectivity index (χ3n) is 6.81. The molecular weight excluding hydrogens is 454 g/mol. The SMILES string of the molecule is O=C(CCCNC(=O)[C@H]1C[C@@H]1c1ccc(Cl)cc1)c1ccc(OC2CCC(C(=O)O)CC2)cc1. The van der Waals surface area contributed by atoms with E-state index >= 15 is 0 Å². The van der Waals surface area contributed by atoms with Crippen molar-refractivity contribution in [2.75, 3.05) is 6.54 Å². The van der Waals surface area contributed by atoms with Crippen LogP contribution in [0, 0.1) is 11.8 Å². The largest absolute Gasteiger partial charge is 0.490 e. The summed E-state index contributed by atoms with van der Waals surface area (Å²) in [7, 11) is 0. The Labute approximate surface area is 204 Å². The molecule has 1 amide bonds. The first-order valence-electron chi connectivity index (χ1n) is 12.0. The maximum absolute atomic E-state index is 12.5. The first-order valence-corrected chi connectivity index (χ1v) is 12.3. The number of benzene rings is 2. The number of rotatable bonds is 10. The summed E-state index contributed by atoms with van der Waals surface area (Å²) in [6.45, 7) is 0.481. The molecule has 2 aliphatic carbocycles. The molecule has 0 aromatic heterocycles. The molecule has 0 bridgehead atoms. The van der Waals surface area contributed by atoms with E-state index in [4.69, 9.17) is 21.4 Å². The van der Waals surface area contributed by atoms with Crippen LogP contribution in [0.3, 0.4) is 0 Å². The van der Waals surface area contributed by atoms with Crippen LogP contribution in [0.1, 0.15) is 66.8 Å². The second-order valence-corrected chi connectivity index (χ2v) is 9.71. The lowest BCUT2D eigenvalue weighted by molar-refractivity contribution is -0.143. The highest BCUT2D eigenvalue weighted by Gasteiger charge is 2.43. The summed E-state index contributed by atoms with van der Waals surface area (Å²) in [6, 6.07) is 14.8. The molecule has 0 heterocycles. The lowest BCUT2D eigenvalue weighted by atomic mass is 9.87. The molecule has 0 saturated heterocycles. The number of carbonyl (C=O) groups excluding carboxylic acids is 2. The van der Waals surface area contributed by atoms with Gasteiger partial charge in [-0.05, 0) is 86.4 Å². The van der Waals surface area contributed by atoms with Crippen molar-refractivity contribution in [2.45, 2.75) is 57.0 Å². The van der Waals surface area contributed by atoms with Gasteiger partial charge in [-0.3, -0.25) is 14.4 Å². The third-order valence-corrected chi connectivity index (χ3v) is 7.06. The third kappa shape index (κ3) is 6.38. The van der Waals surface area contributed by atoms with Gasteiger partial charge in [-0.15, -0.1) is 0 Å². The summed E-state index contributed by atoms with van der Waals surface area (Å²) < 4.78 is 5.96. The van der Waals surface area contributed by atoms with Crippen molar-refractivity contribution in [3.63, 3.8) is 0 Å². The average molecular weight is 484 g/mol. The highest BCUT2D eigenvalue weighted by Crippen LogP contribution is 2.47. The Hall–Kier alpha value is -2.86. The van der Waals surface area contributed by atoms with E-state index < -0.39 is 5.97 Å². The topological polar surface area (TPSA) is 92.7 Å². The Morgan fingerprint density at radius 2 is 1.65 bits per heavy atom. The van der Waals surface area contributed by atoms with Crippen LogP contribution in [0.25, 0.3) is 0 Å². The van der Waals surface area contributed by atoms with E-state index in [9.17, 15) is 14.4 Å². The van der Waals surface area contributed by atoms with E-state index in [1.165, 1.54) is 0 Å². The van der Waals surface area contributed by atoms with Crippen LogP contribution in [-0.2, 0) is 9.59 Å². The monoisotopic (exact) mass is 483 g/mol. The molecular formula is C27H30ClNO5. The number of ether oxygens (including phenoxy) is 1. The van der Waals surface area contributed by atoms with Crippen molar-refractivity contribution in [2.24, 2.45) is 11.8 Å². The van der Waals surface area contributed by atoms with Gasteiger partial charge in [-0.1, -0.05) is 23.7 Å². The van der Waals surface area contributed by atoms with Crippen molar-refractivity contribution >= 4 is 29.3 Å². The minimum atomic E-state index is -0.726. The summed E-state index contributed by atoms with van der Waals surface area (Å²) in [4.78, 5) is 35.9. The van der Waals surface area contributed by atoms with Gasteiger partial charge >= 0.3 is 5.97 Å². The van der Waals surface area contributed by atoms with Crippen LogP contribution in [0.15, 0.2) is 48.5 Å². The van der Waals surface area contributed by atoms with Crippen molar-refractivity contribution < 1.29 is 24.2 Å². The zero-order chi connectivity index (χ0) is 24.1. The number of carbonyl (C=O) groups is 3. The molecule has 4 rings (SSSR count). The Balaban J connectivity index is 1.14. The summed E-state index contributed by atoms with van der Waals surface area (Å²) in [6.07, 6.45) is 4.55. The molecule has 0 aliphatic heterocycles. The number of carboxylic acid groups (broad SMARTS) is 1. The Morgan fingerprint density at radius 1 is 0.971 bits per heavy atom. The molecule has 6 nitrogen and oxygen atoms in total. The average Bonchev–Trinajstić information content (AvgIpc) is 3.64. The van der Waals surface area contributed by atoms with E-state index in [2.05, 4.69) is 5.32 Å². The normalized spacial score (nSPS) is 23.7. The van der Waals surface area contributed by atoms with Gasteiger partial charge in [0.05, 0.1) is 12.0 Å². The Morgan fingerprint density at radius 3 is 2.29 bits per heavy atom. The second-order valence-electron chi connectivity index (χ2n) is 9.27. The standard InChI is InChI=1S/C27H30ClNO5/c28-20-9-3-17(4-10-20)23-16-24(23)26(31)29-15-1-2-25(30)18-5-11-21(12-6-18)34-22-13-7-19(8-14-22)27(32)33/h3-6,9-12,19,22-24H,1-2,7-8,13-16H2,(H,29,31)(H,32,33)/t19?,22?,23-,24+/m1/s1. The molecule has 2 atom stereocenters. The summed E-state index contributed by atoms with van der Waals surface area (Å²) in [5.74, 6) is 0.0478. The summed E-state index contributed by atoms with van der Waals surface area (Å²) in [5.41, 5.74) is 1.76. The van der Waals surface area contributed by atoms with E-state index in [-0.39, 0.29) is 35.5 Å². The van der Waals surface area contributed by atoms with Crippen molar-refractivity contribution in [3.05, 3.63) is 64.7 Å². The number of Topliss-reactive ketones (excluding diaryl/α,β-unsaturated/α-hetero) is 1. The number of halogens is 1. The number of hydrogen-bond donors (Lipinski definition) is 2. The quantitative estimate of drug-likeness (QED) is 0.356. The maximum atomic E-state index is 12.5. The van der Waals surface area contributed by atoms with Crippen LogP contribution in [0.4, 0.5) is 0 Å². The molecule has 7 heteroatoms. The molecule has 2 aliphatic rings. The molecule has 34 heavy (non-hydrogen) atoms. The van der Waals surface area contributed by atoms with E-state index in [0.29, 0.717) is 48.6 Å². The van der Waals surface area contributed by atoms with Crippen LogP contribution in [-0.4, -0.2) is 35.4 Å². The van der Waals surface area contributed by atoms with Crippen LogP contribution < -0.4 is 10.1 Å². The molecule has 2 N–H and O–H groups in total. The zero-order valence-electron chi connectivity index (χ0n) is 19.0. The van der Waals surface area contributed by atoms with Gasteiger partial charge in [0.25, 0.3) is 0 Å². The lowest BCUT2D eigenvalue weighted by Gasteiger charge is -2.26. The number of aliphatic carboxylic acids is 1. The van der Waals surface area contributed by atoms with E-state index in [1.54, 1.807) is 24.3 Å². The highest BCUT2D eigenvalue weighted by molar-refractivity contribution is 6.30. The van der Waals surface area contributed by atoms with Gasteiger partial charge < -0.3 is 15.2 Å². The molecule has 2 aromatic rings. The highest BCUT2D eigenvalue weighted by atomic mass is 35.5. The van der Waals surface area contributed by atoms with Crippen LogP contribution in [0.5, 0.6) is 5.75 Å². The van der Waals surface area contributed by atoms with Crippen LogP contribution >= 0.6 is 11.6 Å². The smallest absolute Gasteiger partial charge is 0.306 e. The van der Waals surface area contributed by atoms with Gasteiger partial charge in [-0.25, -0.2) is 0 Å². The molecule has 2 fully saturated rings. The van der Waals surface area contributed by atoms with Gasteiger partial charge in [0, 0.05) is 29.5 Å². The fourth-order valence-corrected chi connectivity index (χ4v) is 4.76. The van der Waals surface area contributed by atoms with E-state index in [0.717, 1.165) is 24.8 Å². The van der Waals surface area contributed by atoms with Gasteiger partial charge in [0.1, 0.15) is 5.75 Å². The first kappa shape index (κ1) is 24.3. The predicted molar refractivity (Wildman–Crippen MR) is 129 cm³/mol. The Bertz CT molecular complexity index is 1010. The lowest BCUT2D eigenvalue weighted by Crippen LogP contribution is -2.27. The maximum Gasteiger partial charge on any atom is 0.306 e. The number of nitrogens with one attached hydrogen (secondary N) is 1. The minimum Gasteiger partial charge on any atom is -0.490 e. The fraction of sp³-hybridized carbons (Fsp3) is 0.444. The molecule has 0 unspecified atom stereocenters. The van der Waals surface area contributed by atoms with Crippen LogP contribution in [0.2, 0.25) is 5.02 Å².